The van der Waals surface area contributed by atoms with Crippen molar-refractivity contribution >= 4 is 21.7 Å². The van der Waals surface area contributed by atoms with Gasteiger partial charge in [-0.15, -0.1) is 0 Å². The van der Waals surface area contributed by atoms with E-state index in [0.717, 1.165) is 11.2 Å². The van der Waals surface area contributed by atoms with E-state index in [-0.39, 0.29) is 30.5 Å². The van der Waals surface area contributed by atoms with Crippen molar-refractivity contribution < 1.29 is 18.0 Å². The summed E-state index contributed by atoms with van der Waals surface area (Å²) in [6.07, 6.45) is 2.68. The second-order valence-electron chi connectivity index (χ2n) is 3.61. The first-order chi connectivity index (χ1) is 6.81. The monoisotopic (exact) mass is 231 g/mol. The summed E-state index contributed by atoms with van der Waals surface area (Å²) in [6, 6.07) is 0. The van der Waals surface area contributed by atoms with Crippen molar-refractivity contribution in [1.82, 2.24) is 4.90 Å². The minimum Gasteiger partial charge on any atom is -0.275 e. The van der Waals surface area contributed by atoms with Gasteiger partial charge in [0.15, 0.2) is 0 Å². The molecule has 0 saturated heterocycles. The SMILES string of the molecule is CC1=CC(=O)N(CCCS(C)(=O)=O)C1=O. The Morgan fingerprint density at radius 2 is 1.93 bits per heavy atom. The normalized spacial score (nSPS) is 17.2. The highest BCUT2D eigenvalue weighted by atomic mass is 32.2. The Kier molecular flexibility index (Phi) is 3.28. The van der Waals surface area contributed by atoms with Crippen LogP contribution in [-0.2, 0) is 19.4 Å². The molecule has 0 radical (unpaired) electrons. The molecule has 1 heterocycles. The molecule has 15 heavy (non-hydrogen) atoms. The molecule has 0 aromatic rings. The summed E-state index contributed by atoms with van der Waals surface area (Å²) in [6.45, 7) is 1.73. The molecule has 5 nitrogen and oxygen atoms in total. The lowest BCUT2D eigenvalue weighted by atomic mass is 10.3. The second-order valence-corrected chi connectivity index (χ2v) is 5.87. The molecule has 1 rings (SSSR count). The third kappa shape index (κ3) is 3.16. The van der Waals surface area contributed by atoms with Gasteiger partial charge in [0.1, 0.15) is 9.84 Å². The number of hydrogen-bond donors (Lipinski definition) is 0. The zero-order valence-electron chi connectivity index (χ0n) is 8.69. The quantitative estimate of drug-likeness (QED) is 0.625. The van der Waals surface area contributed by atoms with Crippen LogP contribution in [-0.4, -0.2) is 43.7 Å². The average Bonchev–Trinajstić information content (AvgIpc) is 2.29. The van der Waals surface area contributed by atoms with E-state index in [4.69, 9.17) is 0 Å². The fourth-order valence-corrected chi connectivity index (χ4v) is 1.99. The molecule has 0 fully saturated rings. The van der Waals surface area contributed by atoms with Gasteiger partial charge in [-0.05, 0) is 13.3 Å². The fraction of sp³-hybridized carbons (Fsp3) is 0.556. The third-order valence-electron chi connectivity index (χ3n) is 2.09. The van der Waals surface area contributed by atoms with E-state index >= 15 is 0 Å². The van der Waals surface area contributed by atoms with E-state index in [1.54, 1.807) is 6.92 Å². The molecule has 1 aliphatic heterocycles. The van der Waals surface area contributed by atoms with Crippen LogP contribution in [0.4, 0.5) is 0 Å². The van der Waals surface area contributed by atoms with Crippen molar-refractivity contribution in [3.63, 3.8) is 0 Å². The highest BCUT2D eigenvalue weighted by molar-refractivity contribution is 7.90. The number of carbonyl (C=O) groups excluding carboxylic acids is 2. The summed E-state index contributed by atoms with van der Waals surface area (Å²) in [5, 5.41) is 0. The van der Waals surface area contributed by atoms with Crippen LogP contribution in [0.5, 0.6) is 0 Å². The van der Waals surface area contributed by atoms with E-state index in [0.29, 0.717) is 5.57 Å². The van der Waals surface area contributed by atoms with Crippen molar-refractivity contribution in [3.8, 4) is 0 Å². The van der Waals surface area contributed by atoms with Crippen molar-refractivity contribution in [2.45, 2.75) is 13.3 Å². The van der Waals surface area contributed by atoms with Gasteiger partial charge >= 0.3 is 0 Å². The van der Waals surface area contributed by atoms with Crippen LogP contribution >= 0.6 is 0 Å². The maximum Gasteiger partial charge on any atom is 0.256 e. The topological polar surface area (TPSA) is 71.5 Å². The van der Waals surface area contributed by atoms with E-state index in [1.165, 1.54) is 6.08 Å². The van der Waals surface area contributed by atoms with Crippen LogP contribution in [0, 0.1) is 0 Å². The minimum atomic E-state index is -3.03. The Balaban J connectivity index is 2.49. The first kappa shape index (κ1) is 11.9. The van der Waals surface area contributed by atoms with Gasteiger partial charge in [0.05, 0.1) is 5.75 Å². The lowest BCUT2D eigenvalue weighted by Gasteiger charge is -2.13. The van der Waals surface area contributed by atoms with Gasteiger partial charge in [-0.25, -0.2) is 8.42 Å². The first-order valence-corrected chi connectivity index (χ1v) is 6.59. The van der Waals surface area contributed by atoms with Crippen molar-refractivity contribution in [2.75, 3.05) is 18.6 Å². The molecule has 2 amide bonds. The first-order valence-electron chi connectivity index (χ1n) is 4.53. The highest BCUT2D eigenvalue weighted by Gasteiger charge is 2.27. The second kappa shape index (κ2) is 4.14. The van der Waals surface area contributed by atoms with Gasteiger partial charge in [-0.3, -0.25) is 14.5 Å². The molecule has 0 aromatic carbocycles. The van der Waals surface area contributed by atoms with Crippen molar-refractivity contribution in [1.29, 1.82) is 0 Å². The molecule has 0 spiro atoms. The van der Waals surface area contributed by atoms with Crippen LogP contribution in [0.15, 0.2) is 11.6 Å². The Morgan fingerprint density at radius 3 is 2.33 bits per heavy atom. The van der Waals surface area contributed by atoms with Gasteiger partial charge in [0, 0.05) is 24.4 Å². The fourth-order valence-electron chi connectivity index (χ4n) is 1.33. The van der Waals surface area contributed by atoms with Crippen LogP contribution in [0.2, 0.25) is 0 Å². The molecular weight excluding hydrogens is 218 g/mol. The van der Waals surface area contributed by atoms with E-state index < -0.39 is 9.84 Å². The molecule has 0 unspecified atom stereocenters. The molecule has 0 atom stereocenters. The number of rotatable bonds is 4. The maximum atomic E-state index is 11.4. The van der Waals surface area contributed by atoms with Crippen molar-refractivity contribution in [2.24, 2.45) is 0 Å². The molecule has 0 aromatic heterocycles. The van der Waals surface area contributed by atoms with Gasteiger partial charge in [-0.2, -0.15) is 0 Å². The Hall–Kier alpha value is -1.17. The highest BCUT2D eigenvalue weighted by Crippen LogP contribution is 2.12. The lowest BCUT2D eigenvalue weighted by molar-refractivity contribution is -0.137. The summed E-state index contributed by atoms with van der Waals surface area (Å²) in [5.41, 5.74) is 0.402. The lowest BCUT2D eigenvalue weighted by Crippen LogP contribution is -2.32. The minimum absolute atomic E-state index is 0.0108. The standard InChI is InChI=1S/C9H13NO4S/c1-7-6-8(11)10(9(7)12)4-3-5-15(2,13)14/h6H,3-5H2,1-2H3. The molecule has 6 heteroatoms. The Labute approximate surface area is 88.7 Å². The maximum absolute atomic E-state index is 11.4. The molecule has 0 aliphatic carbocycles. The van der Waals surface area contributed by atoms with E-state index in [9.17, 15) is 18.0 Å². The van der Waals surface area contributed by atoms with E-state index in [2.05, 4.69) is 0 Å². The summed E-state index contributed by atoms with van der Waals surface area (Å²) >= 11 is 0. The average molecular weight is 231 g/mol. The summed E-state index contributed by atoms with van der Waals surface area (Å²) in [4.78, 5) is 23.7. The van der Waals surface area contributed by atoms with E-state index in [1.807, 2.05) is 0 Å². The van der Waals surface area contributed by atoms with Gasteiger partial charge in [-0.1, -0.05) is 0 Å². The number of imide groups is 1. The zero-order valence-corrected chi connectivity index (χ0v) is 9.50. The number of amides is 2. The number of hydrogen-bond acceptors (Lipinski definition) is 4. The van der Waals surface area contributed by atoms with Crippen LogP contribution < -0.4 is 0 Å². The molecular formula is C9H13NO4S. The number of carbonyl (C=O) groups is 2. The summed E-state index contributed by atoms with van der Waals surface area (Å²) in [7, 11) is -3.03. The Morgan fingerprint density at radius 1 is 1.33 bits per heavy atom. The van der Waals surface area contributed by atoms with Crippen LogP contribution in [0.3, 0.4) is 0 Å². The smallest absolute Gasteiger partial charge is 0.256 e. The third-order valence-corrected chi connectivity index (χ3v) is 3.12. The van der Waals surface area contributed by atoms with Crippen molar-refractivity contribution in [3.05, 3.63) is 11.6 Å². The molecule has 0 N–H and O–H groups in total. The summed E-state index contributed by atoms with van der Waals surface area (Å²) in [5.74, 6) is -0.692. The van der Waals surface area contributed by atoms with Gasteiger partial charge in [0.2, 0.25) is 0 Å². The largest absolute Gasteiger partial charge is 0.275 e. The predicted octanol–water partition coefficient (Wildman–Crippen LogP) is -0.264. The van der Waals surface area contributed by atoms with Crippen LogP contribution in [0.25, 0.3) is 0 Å². The molecule has 0 bridgehead atoms. The zero-order chi connectivity index (χ0) is 11.6. The predicted molar refractivity (Wildman–Crippen MR) is 54.8 cm³/mol. The number of sulfone groups is 1. The molecule has 84 valence electrons. The summed E-state index contributed by atoms with van der Waals surface area (Å²) < 4.78 is 21.7. The number of nitrogens with zero attached hydrogens (tertiary/aromatic N) is 1. The molecule has 1 aliphatic rings. The Bertz CT molecular complexity index is 421. The van der Waals surface area contributed by atoms with Gasteiger partial charge < -0.3 is 0 Å². The van der Waals surface area contributed by atoms with Crippen LogP contribution in [0.1, 0.15) is 13.3 Å². The van der Waals surface area contributed by atoms with Gasteiger partial charge in [0.25, 0.3) is 11.8 Å². The molecule has 0 saturated carbocycles.